The maximum absolute atomic E-state index is 12.8. The molecule has 2 N–H and O–H groups in total. The van der Waals surface area contributed by atoms with Gasteiger partial charge in [0.2, 0.25) is 0 Å². The fourth-order valence-electron chi connectivity index (χ4n) is 3.92. The van der Waals surface area contributed by atoms with Crippen LogP contribution in [0, 0.1) is 0 Å². The van der Waals surface area contributed by atoms with Gasteiger partial charge in [-0.25, -0.2) is 0 Å². The van der Waals surface area contributed by atoms with E-state index in [-0.39, 0.29) is 18.4 Å². The highest BCUT2D eigenvalue weighted by atomic mass is 16.5. The van der Waals surface area contributed by atoms with Crippen LogP contribution in [-0.2, 0) is 11.3 Å². The maximum atomic E-state index is 12.8. The standard InChI is InChI=1S/C22H25N3O3/c26-20-15-28-21-18(10-6-11-19(21)24-20)22(27)23-13-17-9-4-5-12-25(17)14-16-7-2-1-3-8-16/h1-3,6-8,10-11,17H,4-5,9,12-15H2,(H,23,27)(H,24,26). The molecule has 28 heavy (non-hydrogen) atoms. The summed E-state index contributed by atoms with van der Waals surface area (Å²) in [5.74, 6) is 0.0754. The van der Waals surface area contributed by atoms with E-state index in [1.807, 2.05) is 6.07 Å². The van der Waals surface area contributed by atoms with Crippen molar-refractivity contribution in [2.45, 2.75) is 31.8 Å². The second-order valence-electron chi connectivity index (χ2n) is 7.33. The zero-order valence-electron chi connectivity index (χ0n) is 15.8. The molecular formula is C22H25N3O3. The van der Waals surface area contributed by atoms with Crippen LogP contribution in [0.3, 0.4) is 0 Å². The number of ether oxygens (including phenoxy) is 1. The van der Waals surface area contributed by atoms with Crippen molar-refractivity contribution in [2.75, 3.05) is 25.0 Å². The van der Waals surface area contributed by atoms with Crippen LogP contribution < -0.4 is 15.4 Å². The quantitative estimate of drug-likeness (QED) is 0.838. The summed E-state index contributed by atoms with van der Waals surface area (Å²) in [6, 6.07) is 16.0. The average Bonchev–Trinajstić information content (AvgIpc) is 2.73. The first-order valence-electron chi connectivity index (χ1n) is 9.82. The van der Waals surface area contributed by atoms with Crippen molar-refractivity contribution >= 4 is 17.5 Å². The van der Waals surface area contributed by atoms with Crippen molar-refractivity contribution in [1.29, 1.82) is 0 Å². The molecule has 1 unspecified atom stereocenters. The van der Waals surface area contributed by atoms with E-state index in [9.17, 15) is 9.59 Å². The van der Waals surface area contributed by atoms with Crippen molar-refractivity contribution in [1.82, 2.24) is 10.2 Å². The number of piperidine rings is 1. The summed E-state index contributed by atoms with van der Waals surface area (Å²) in [5, 5.41) is 5.82. The molecule has 2 aromatic carbocycles. The van der Waals surface area contributed by atoms with Crippen molar-refractivity contribution in [3.63, 3.8) is 0 Å². The van der Waals surface area contributed by atoms with Gasteiger partial charge in [-0.3, -0.25) is 14.5 Å². The lowest BCUT2D eigenvalue weighted by molar-refractivity contribution is -0.118. The number of para-hydroxylation sites is 1. The molecule has 1 fully saturated rings. The van der Waals surface area contributed by atoms with E-state index < -0.39 is 0 Å². The van der Waals surface area contributed by atoms with E-state index in [0.717, 1.165) is 19.5 Å². The van der Waals surface area contributed by atoms with E-state index in [1.54, 1.807) is 18.2 Å². The number of anilines is 1. The van der Waals surface area contributed by atoms with Gasteiger partial charge in [-0.05, 0) is 37.1 Å². The highest BCUT2D eigenvalue weighted by Gasteiger charge is 2.25. The first-order valence-corrected chi connectivity index (χ1v) is 9.82. The third-order valence-electron chi connectivity index (χ3n) is 5.36. The number of hydrogen-bond acceptors (Lipinski definition) is 4. The Morgan fingerprint density at radius 3 is 2.86 bits per heavy atom. The zero-order valence-corrected chi connectivity index (χ0v) is 15.8. The number of likely N-dealkylation sites (tertiary alicyclic amines) is 1. The molecule has 0 aliphatic carbocycles. The molecule has 0 radical (unpaired) electrons. The molecule has 1 atom stereocenters. The van der Waals surface area contributed by atoms with Gasteiger partial charge in [-0.15, -0.1) is 0 Å². The summed E-state index contributed by atoms with van der Waals surface area (Å²) in [6.45, 7) is 2.48. The summed E-state index contributed by atoms with van der Waals surface area (Å²) in [5.41, 5.74) is 2.30. The number of amides is 2. The Morgan fingerprint density at radius 1 is 1.14 bits per heavy atom. The lowest BCUT2D eigenvalue weighted by Crippen LogP contribution is -2.46. The van der Waals surface area contributed by atoms with Crippen LogP contribution in [0.25, 0.3) is 0 Å². The first-order chi connectivity index (χ1) is 13.7. The highest BCUT2D eigenvalue weighted by molar-refractivity contribution is 6.03. The van der Waals surface area contributed by atoms with E-state index >= 15 is 0 Å². The number of fused-ring (bicyclic) bond motifs is 1. The Hall–Kier alpha value is -2.86. The molecule has 0 spiro atoms. The Morgan fingerprint density at radius 2 is 2.00 bits per heavy atom. The normalized spacial score (nSPS) is 19.3. The number of nitrogens with one attached hydrogen (secondary N) is 2. The molecule has 146 valence electrons. The van der Waals surface area contributed by atoms with Gasteiger partial charge in [-0.1, -0.05) is 42.8 Å². The topological polar surface area (TPSA) is 70.7 Å². The Labute approximate surface area is 164 Å². The number of hydrogen-bond donors (Lipinski definition) is 2. The molecule has 2 aliphatic heterocycles. The summed E-state index contributed by atoms with van der Waals surface area (Å²) < 4.78 is 5.50. The van der Waals surface area contributed by atoms with Crippen molar-refractivity contribution in [3.8, 4) is 5.75 Å². The summed E-state index contributed by atoms with van der Waals surface area (Å²) in [4.78, 5) is 26.7. The zero-order chi connectivity index (χ0) is 19.3. The summed E-state index contributed by atoms with van der Waals surface area (Å²) in [6.07, 6.45) is 3.45. The molecule has 2 amide bonds. The van der Waals surface area contributed by atoms with E-state index in [4.69, 9.17) is 4.74 Å². The maximum Gasteiger partial charge on any atom is 0.262 e. The minimum atomic E-state index is -0.205. The second-order valence-corrected chi connectivity index (χ2v) is 7.33. The van der Waals surface area contributed by atoms with Crippen LogP contribution in [0.1, 0.15) is 35.2 Å². The van der Waals surface area contributed by atoms with Gasteiger partial charge in [0.15, 0.2) is 12.4 Å². The van der Waals surface area contributed by atoms with Gasteiger partial charge in [0.05, 0.1) is 11.3 Å². The number of carbonyl (C=O) groups excluding carboxylic acids is 2. The summed E-state index contributed by atoms with van der Waals surface area (Å²) in [7, 11) is 0. The molecule has 0 bridgehead atoms. The number of carbonyl (C=O) groups is 2. The van der Waals surface area contributed by atoms with Crippen LogP contribution >= 0.6 is 0 Å². The minimum absolute atomic E-state index is 0.0647. The largest absolute Gasteiger partial charge is 0.481 e. The van der Waals surface area contributed by atoms with Crippen molar-refractivity contribution in [3.05, 3.63) is 59.7 Å². The average molecular weight is 379 g/mol. The number of rotatable bonds is 5. The number of nitrogens with zero attached hydrogens (tertiary/aromatic N) is 1. The van der Waals surface area contributed by atoms with E-state index in [1.165, 1.54) is 18.4 Å². The molecule has 6 heteroatoms. The Kier molecular flexibility index (Phi) is 5.58. The molecule has 2 aliphatic rings. The molecule has 0 saturated carbocycles. The Bertz CT molecular complexity index is 853. The third-order valence-corrected chi connectivity index (χ3v) is 5.36. The van der Waals surface area contributed by atoms with Crippen LogP contribution in [0.5, 0.6) is 5.75 Å². The van der Waals surface area contributed by atoms with Gasteiger partial charge in [-0.2, -0.15) is 0 Å². The van der Waals surface area contributed by atoms with Gasteiger partial charge in [0, 0.05) is 19.1 Å². The molecule has 2 heterocycles. The number of benzene rings is 2. The van der Waals surface area contributed by atoms with Crippen LogP contribution in [-0.4, -0.2) is 42.5 Å². The van der Waals surface area contributed by atoms with E-state index in [0.29, 0.717) is 29.6 Å². The predicted molar refractivity (Wildman–Crippen MR) is 107 cm³/mol. The smallest absolute Gasteiger partial charge is 0.262 e. The van der Waals surface area contributed by atoms with Crippen LogP contribution in [0.2, 0.25) is 0 Å². The lowest BCUT2D eigenvalue weighted by atomic mass is 10.0. The third kappa shape index (κ3) is 4.17. The van der Waals surface area contributed by atoms with Gasteiger partial charge in [0.1, 0.15) is 0 Å². The minimum Gasteiger partial charge on any atom is -0.481 e. The summed E-state index contributed by atoms with van der Waals surface area (Å²) >= 11 is 0. The fourth-order valence-corrected chi connectivity index (χ4v) is 3.92. The highest BCUT2D eigenvalue weighted by Crippen LogP contribution is 2.31. The van der Waals surface area contributed by atoms with Gasteiger partial charge in [0.25, 0.3) is 11.8 Å². The monoisotopic (exact) mass is 379 g/mol. The van der Waals surface area contributed by atoms with Crippen molar-refractivity contribution in [2.24, 2.45) is 0 Å². The predicted octanol–water partition coefficient (Wildman–Crippen LogP) is 2.80. The SMILES string of the molecule is O=C1COc2c(cccc2C(=O)NCC2CCCCN2Cc2ccccc2)N1. The van der Waals surface area contributed by atoms with Crippen LogP contribution in [0.15, 0.2) is 48.5 Å². The molecule has 1 saturated heterocycles. The molecule has 2 aromatic rings. The van der Waals surface area contributed by atoms with E-state index in [2.05, 4.69) is 39.8 Å². The molecule has 6 nitrogen and oxygen atoms in total. The second kappa shape index (κ2) is 8.44. The molecule has 4 rings (SSSR count). The first kappa shape index (κ1) is 18.5. The van der Waals surface area contributed by atoms with Crippen LogP contribution in [0.4, 0.5) is 5.69 Å². The lowest BCUT2D eigenvalue weighted by Gasteiger charge is -2.36. The molecule has 0 aromatic heterocycles. The fraction of sp³-hybridized carbons (Fsp3) is 0.364. The van der Waals surface area contributed by atoms with Crippen molar-refractivity contribution < 1.29 is 14.3 Å². The van der Waals surface area contributed by atoms with Gasteiger partial charge < -0.3 is 15.4 Å². The van der Waals surface area contributed by atoms with Gasteiger partial charge >= 0.3 is 0 Å². The molecular weight excluding hydrogens is 354 g/mol. The Balaban J connectivity index is 1.41.